The number of carbonyl (C=O) groups is 1. The van der Waals surface area contributed by atoms with Gasteiger partial charge < -0.3 is 20.5 Å². The normalized spacial score (nSPS) is 10.4. The first-order valence-corrected chi connectivity index (χ1v) is 8.09. The lowest BCUT2D eigenvalue weighted by Gasteiger charge is -2.07. The number of carbonyl (C=O) groups excluding carboxylic acids is 1. The second-order valence-corrected chi connectivity index (χ2v) is 5.65. The van der Waals surface area contributed by atoms with Gasteiger partial charge >= 0.3 is 0 Å². The Morgan fingerprint density at radius 3 is 2.54 bits per heavy atom. The van der Waals surface area contributed by atoms with Gasteiger partial charge in [-0.1, -0.05) is 5.16 Å². The van der Waals surface area contributed by atoms with E-state index >= 15 is 0 Å². The van der Waals surface area contributed by atoms with E-state index in [9.17, 15) is 4.79 Å². The molecule has 3 aromatic rings. The fourth-order valence-corrected chi connectivity index (χ4v) is 2.16. The summed E-state index contributed by atoms with van der Waals surface area (Å²) in [6.07, 6.45) is 1.73. The third-order valence-corrected chi connectivity index (χ3v) is 3.41. The van der Waals surface area contributed by atoms with E-state index in [2.05, 4.69) is 36.3 Å². The first-order chi connectivity index (χ1) is 12.6. The third-order valence-electron chi connectivity index (χ3n) is 3.41. The zero-order valence-corrected chi connectivity index (χ0v) is 14.5. The van der Waals surface area contributed by atoms with E-state index in [1.165, 1.54) is 0 Å². The zero-order chi connectivity index (χ0) is 18.4. The van der Waals surface area contributed by atoms with Crippen LogP contribution in [0.5, 0.6) is 0 Å². The minimum Gasteiger partial charge on any atom is -0.367 e. The highest BCUT2D eigenvalue weighted by atomic mass is 16.5. The molecule has 0 bridgehead atoms. The van der Waals surface area contributed by atoms with Gasteiger partial charge in [0, 0.05) is 25.4 Å². The van der Waals surface area contributed by atoms with Crippen LogP contribution in [0, 0.1) is 13.8 Å². The topological polar surface area (TPSA) is 118 Å². The summed E-state index contributed by atoms with van der Waals surface area (Å²) in [6.45, 7) is 4.65. The van der Waals surface area contributed by atoms with Gasteiger partial charge in [0.25, 0.3) is 5.91 Å². The van der Waals surface area contributed by atoms with Gasteiger partial charge in [0.05, 0.1) is 0 Å². The maximum atomic E-state index is 11.8. The van der Waals surface area contributed by atoms with Crippen molar-refractivity contribution in [3.8, 4) is 0 Å². The molecule has 1 amide bonds. The largest absolute Gasteiger partial charge is 0.367 e. The molecule has 0 aliphatic rings. The molecule has 134 valence electrons. The third kappa shape index (κ3) is 4.76. The number of rotatable bonds is 7. The summed E-state index contributed by atoms with van der Waals surface area (Å²) < 4.78 is 4.87. The zero-order valence-electron chi connectivity index (χ0n) is 14.5. The van der Waals surface area contributed by atoms with Crippen molar-refractivity contribution in [2.45, 2.75) is 13.8 Å². The number of aromatic nitrogens is 4. The van der Waals surface area contributed by atoms with Crippen LogP contribution in [0.4, 0.5) is 17.5 Å². The number of nitrogens with zero attached hydrogens (tertiary/aromatic N) is 4. The first-order valence-electron chi connectivity index (χ1n) is 8.09. The van der Waals surface area contributed by atoms with Crippen LogP contribution in [0.15, 0.2) is 41.1 Å². The summed E-state index contributed by atoms with van der Waals surface area (Å²) in [5, 5.41) is 20.7. The summed E-state index contributed by atoms with van der Waals surface area (Å²) in [5.41, 5.74) is 1.37. The van der Waals surface area contributed by atoms with Crippen molar-refractivity contribution < 1.29 is 9.32 Å². The molecule has 0 spiro atoms. The number of pyridine rings is 1. The highest BCUT2D eigenvalue weighted by Gasteiger charge is 2.09. The van der Waals surface area contributed by atoms with Crippen LogP contribution in [0.3, 0.4) is 0 Å². The van der Waals surface area contributed by atoms with Crippen LogP contribution in [-0.4, -0.2) is 39.3 Å². The van der Waals surface area contributed by atoms with Gasteiger partial charge in [-0.2, -0.15) is 0 Å². The van der Waals surface area contributed by atoms with Gasteiger partial charge in [-0.25, -0.2) is 4.98 Å². The van der Waals surface area contributed by atoms with Crippen molar-refractivity contribution in [2.75, 3.05) is 23.7 Å². The van der Waals surface area contributed by atoms with E-state index in [0.29, 0.717) is 36.3 Å². The molecule has 26 heavy (non-hydrogen) atoms. The van der Waals surface area contributed by atoms with Gasteiger partial charge in [-0.05, 0) is 43.7 Å². The highest BCUT2D eigenvalue weighted by Crippen LogP contribution is 2.13. The van der Waals surface area contributed by atoms with Crippen LogP contribution in [0.25, 0.3) is 0 Å². The molecule has 0 radical (unpaired) electrons. The molecule has 3 aromatic heterocycles. The van der Waals surface area contributed by atoms with E-state index in [0.717, 1.165) is 5.56 Å². The van der Waals surface area contributed by atoms with Gasteiger partial charge in [-0.15, -0.1) is 10.2 Å². The van der Waals surface area contributed by atoms with Crippen LogP contribution < -0.4 is 16.0 Å². The summed E-state index contributed by atoms with van der Waals surface area (Å²) in [7, 11) is 0. The fraction of sp³-hybridized carbons (Fsp3) is 0.235. The Balaban J connectivity index is 1.43. The molecule has 0 aromatic carbocycles. The van der Waals surface area contributed by atoms with Crippen molar-refractivity contribution in [2.24, 2.45) is 0 Å². The van der Waals surface area contributed by atoms with Gasteiger partial charge in [-0.3, -0.25) is 4.79 Å². The summed E-state index contributed by atoms with van der Waals surface area (Å²) in [6, 6.07) is 9.03. The highest BCUT2D eigenvalue weighted by molar-refractivity contribution is 5.92. The summed E-state index contributed by atoms with van der Waals surface area (Å²) >= 11 is 0. The summed E-state index contributed by atoms with van der Waals surface area (Å²) in [4.78, 5) is 16.0. The lowest BCUT2D eigenvalue weighted by atomic mass is 10.3. The Kier molecular flexibility index (Phi) is 5.37. The van der Waals surface area contributed by atoms with E-state index in [4.69, 9.17) is 4.52 Å². The smallest absolute Gasteiger partial charge is 0.273 e. The van der Waals surface area contributed by atoms with E-state index in [-0.39, 0.29) is 11.6 Å². The first kappa shape index (κ1) is 17.3. The van der Waals surface area contributed by atoms with Crippen LogP contribution in [0.2, 0.25) is 0 Å². The lowest BCUT2D eigenvalue weighted by molar-refractivity contribution is 0.0946. The Morgan fingerprint density at radius 1 is 1.04 bits per heavy atom. The molecule has 0 unspecified atom stereocenters. The quantitative estimate of drug-likeness (QED) is 0.553. The molecular weight excluding hydrogens is 334 g/mol. The van der Waals surface area contributed by atoms with Gasteiger partial charge in [0.2, 0.25) is 0 Å². The number of anilines is 3. The minimum atomic E-state index is -0.278. The average molecular weight is 353 g/mol. The standard InChI is InChI=1S/C17H19N7O2/c1-11-5-6-18-16(9-11)21-15-4-3-14(22-23-15)19-7-8-20-17(25)13-10-12(2)26-24-13/h3-6,9-10H,7-8H2,1-2H3,(H,19,22)(H,20,25)(H,18,21,23). The number of aryl methyl sites for hydroxylation is 2. The molecule has 0 aliphatic heterocycles. The summed E-state index contributed by atoms with van der Waals surface area (Å²) in [5.74, 6) is 2.24. The monoisotopic (exact) mass is 353 g/mol. The molecule has 3 N–H and O–H groups in total. The molecule has 0 atom stereocenters. The van der Waals surface area contributed by atoms with Gasteiger partial charge in [0.1, 0.15) is 17.4 Å². The molecular formula is C17H19N7O2. The van der Waals surface area contributed by atoms with Crippen molar-refractivity contribution in [3.05, 3.63) is 53.5 Å². The minimum absolute atomic E-state index is 0.266. The average Bonchev–Trinajstić information content (AvgIpc) is 3.06. The Bertz CT molecular complexity index is 877. The van der Waals surface area contributed by atoms with E-state index in [1.54, 1.807) is 31.3 Å². The molecule has 0 saturated carbocycles. The Hall–Kier alpha value is -3.49. The van der Waals surface area contributed by atoms with Crippen LogP contribution in [-0.2, 0) is 0 Å². The Labute approximate surface area is 150 Å². The predicted octanol–water partition coefficient (Wildman–Crippen LogP) is 2.06. The SMILES string of the molecule is Cc1ccnc(Nc2ccc(NCCNC(=O)c3cc(C)on3)nn2)c1. The van der Waals surface area contributed by atoms with Crippen LogP contribution >= 0.6 is 0 Å². The van der Waals surface area contributed by atoms with Crippen LogP contribution in [0.1, 0.15) is 21.8 Å². The number of hydrogen-bond acceptors (Lipinski definition) is 8. The van der Waals surface area contributed by atoms with Crippen molar-refractivity contribution in [1.29, 1.82) is 0 Å². The molecule has 0 saturated heterocycles. The number of hydrogen-bond donors (Lipinski definition) is 3. The second kappa shape index (κ2) is 8.06. The molecule has 3 heterocycles. The number of amides is 1. The molecule has 9 heteroatoms. The molecule has 0 aliphatic carbocycles. The maximum absolute atomic E-state index is 11.8. The van der Waals surface area contributed by atoms with E-state index in [1.807, 2.05) is 19.1 Å². The van der Waals surface area contributed by atoms with E-state index < -0.39 is 0 Å². The van der Waals surface area contributed by atoms with Crippen molar-refractivity contribution in [1.82, 2.24) is 25.7 Å². The lowest BCUT2D eigenvalue weighted by Crippen LogP contribution is -2.29. The van der Waals surface area contributed by atoms with Crippen molar-refractivity contribution >= 4 is 23.4 Å². The maximum Gasteiger partial charge on any atom is 0.273 e. The van der Waals surface area contributed by atoms with Gasteiger partial charge in [0.15, 0.2) is 11.5 Å². The molecule has 0 fully saturated rings. The Morgan fingerprint density at radius 2 is 1.85 bits per heavy atom. The predicted molar refractivity (Wildman–Crippen MR) is 96.4 cm³/mol. The molecule has 9 nitrogen and oxygen atoms in total. The fourth-order valence-electron chi connectivity index (χ4n) is 2.16. The number of nitrogens with one attached hydrogen (secondary N) is 3. The molecule has 3 rings (SSSR count). The second-order valence-electron chi connectivity index (χ2n) is 5.65. The van der Waals surface area contributed by atoms with Crippen molar-refractivity contribution in [3.63, 3.8) is 0 Å².